The van der Waals surface area contributed by atoms with Crippen LogP contribution in [0.1, 0.15) is 27.2 Å². The molecule has 0 aliphatic heterocycles. The summed E-state index contributed by atoms with van der Waals surface area (Å²) in [4.78, 5) is 0. The first kappa shape index (κ1) is 13.6. The van der Waals surface area contributed by atoms with Gasteiger partial charge in [0.25, 0.3) is 0 Å². The van der Waals surface area contributed by atoms with Gasteiger partial charge in [0.2, 0.25) is 0 Å². The lowest BCUT2D eigenvalue weighted by Crippen LogP contribution is -1.95. The van der Waals surface area contributed by atoms with Crippen LogP contribution in [0.5, 0.6) is 0 Å². The summed E-state index contributed by atoms with van der Waals surface area (Å²) in [5.74, 6) is -0.378. The van der Waals surface area contributed by atoms with E-state index in [2.05, 4.69) is 15.9 Å². The van der Waals surface area contributed by atoms with Gasteiger partial charge in [0, 0.05) is 10.1 Å². The Balaban J connectivity index is 4.98. The fourth-order valence-electron chi connectivity index (χ4n) is 0.919. The number of allylic oxidation sites excluding steroid dienone is 4. The molecule has 0 aromatic carbocycles. The Morgan fingerprint density at radius 2 is 2.07 bits per heavy atom. The molecule has 0 atom stereocenters. The van der Waals surface area contributed by atoms with E-state index in [0.29, 0.717) is 10.1 Å². The molecule has 0 aromatic rings. The van der Waals surface area contributed by atoms with E-state index < -0.39 is 0 Å². The fourth-order valence-corrected chi connectivity index (χ4v) is 1.12. The molecule has 14 heavy (non-hydrogen) atoms. The fraction of sp³-hybridized carbons (Fsp3) is 0.455. The molecule has 3 heteroatoms. The lowest BCUT2D eigenvalue weighted by molar-refractivity contribution is 0.326. The smallest absolute Gasteiger partial charge is 0.129 e. The largest absolute Gasteiger partial charge is 0.392 e. The van der Waals surface area contributed by atoms with Gasteiger partial charge in [-0.1, -0.05) is 34.5 Å². The Hall–Kier alpha value is -0.410. The number of aliphatic hydroxyl groups excluding tert-OH is 1. The maximum atomic E-state index is 13.5. The summed E-state index contributed by atoms with van der Waals surface area (Å²) >= 11 is 3.19. The Kier molecular flexibility index (Phi) is 6.75. The van der Waals surface area contributed by atoms with Crippen LogP contribution >= 0.6 is 15.9 Å². The van der Waals surface area contributed by atoms with Gasteiger partial charge in [0.15, 0.2) is 0 Å². The second-order valence-electron chi connectivity index (χ2n) is 2.94. The summed E-state index contributed by atoms with van der Waals surface area (Å²) in [6, 6.07) is 0. The monoisotopic (exact) mass is 262 g/mol. The van der Waals surface area contributed by atoms with Crippen LogP contribution < -0.4 is 0 Å². The topological polar surface area (TPSA) is 20.2 Å². The van der Waals surface area contributed by atoms with Gasteiger partial charge in [0.1, 0.15) is 5.83 Å². The average Bonchev–Trinajstić information content (AvgIpc) is 2.18. The van der Waals surface area contributed by atoms with Gasteiger partial charge in [-0.3, -0.25) is 0 Å². The zero-order valence-corrected chi connectivity index (χ0v) is 10.4. The molecule has 0 spiro atoms. The Morgan fingerprint density at radius 3 is 2.43 bits per heavy atom. The summed E-state index contributed by atoms with van der Waals surface area (Å²) < 4.78 is 14.2. The van der Waals surface area contributed by atoms with Crippen molar-refractivity contribution in [3.8, 4) is 0 Å². The number of rotatable bonds is 4. The highest BCUT2D eigenvalue weighted by Crippen LogP contribution is 2.21. The van der Waals surface area contributed by atoms with E-state index in [1.807, 2.05) is 20.8 Å². The quantitative estimate of drug-likeness (QED) is 0.763. The molecular weight excluding hydrogens is 247 g/mol. The van der Waals surface area contributed by atoms with Crippen molar-refractivity contribution >= 4 is 15.9 Å². The third kappa shape index (κ3) is 4.20. The maximum Gasteiger partial charge on any atom is 0.129 e. The van der Waals surface area contributed by atoms with Crippen LogP contribution in [-0.4, -0.2) is 11.7 Å². The second-order valence-corrected chi connectivity index (χ2v) is 3.85. The molecule has 0 saturated heterocycles. The van der Waals surface area contributed by atoms with Crippen molar-refractivity contribution in [1.82, 2.24) is 0 Å². The third-order valence-corrected chi connectivity index (χ3v) is 2.72. The summed E-state index contributed by atoms with van der Waals surface area (Å²) in [6.45, 7) is 5.31. The second kappa shape index (κ2) is 6.96. The third-order valence-electron chi connectivity index (χ3n) is 2.03. The highest BCUT2D eigenvalue weighted by Gasteiger charge is 2.06. The molecule has 0 aliphatic carbocycles. The SMILES string of the molecule is C\C=C(Br)/C=C(F)\C(CO)=C(\C)CC. The lowest BCUT2D eigenvalue weighted by atomic mass is 10.1. The van der Waals surface area contributed by atoms with E-state index in [-0.39, 0.29) is 12.4 Å². The van der Waals surface area contributed by atoms with E-state index in [4.69, 9.17) is 5.11 Å². The summed E-state index contributed by atoms with van der Waals surface area (Å²) in [6.07, 6.45) is 3.85. The summed E-state index contributed by atoms with van der Waals surface area (Å²) in [7, 11) is 0. The average molecular weight is 263 g/mol. The Labute approximate surface area is 93.1 Å². The zero-order valence-electron chi connectivity index (χ0n) is 8.77. The summed E-state index contributed by atoms with van der Waals surface area (Å²) in [5.41, 5.74) is 1.25. The van der Waals surface area contributed by atoms with Crippen LogP contribution in [0.2, 0.25) is 0 Å². The molecule has 0 aromatic heterocycles. The highest BCUT2D eigenvalue weighted by atomic mass is 79.9. The van der Waals surface area contributed by atoms with Gasteiger partial charge >= 0.3 is 0 Å². The van der Waals surface area contributed by atoms with Crippen molar-refractivity contribution in [1.29, 1.82) is 0 Å². The molecule has 1 N–H and O–H groups in total. The van der Waals surface area contributed by atoms with Crippen LogP contribution in [0.3, 0.4) is 0 Å². The van der Waals surface area contributed by atoms with Crippen LogP contribution in [0.15, 0.2) is 33.6 Å². The van der Waals surface area contributed by atoms with Gasteiger partial charge in [-0.05, 0) is 26.3 Å². The zero-order chi connectivity index (χ0) is 11.1. The molecular formula is C11H16BrFO. The van der Waals surface area contributed by atoms with Gasteiger partial charge in [-0.15, -0.1) is 0 Å². The normalized spacial score (nSPS) is 15.6. The molecule has 0 rings (SSSR count). The molecule has 0 bridgehead atoms. The van der Waals surface area contributed by atoms with Crippen molar-refractivity contribution in [2.75, 3.05) is 6.61 Å². The van der Waals surface area contributed by atoms with E-state index in [0.717, 1.165) is 12.0 Å². The predicted molar refractivity (Wildman–Crippen MR) is 62.0 cm³/mol. The van der Waals surface area contributed by atoms with Crippen LogP contribution in [-0.2, 0) is 0 Å². The van der Waals surface area contributed by atoms with E-state index in [1.165, 1.54) is 6.08 Å². The minimum absolute atomic E-state index is 0.258. The first-order chi connectivity index (χ1) is 6.56. The van der Waals surface area contributed by atoms with Gasteiger partial charge < -0.3 is 5.11 Å². The molecule has 0 amide bonds. The highest BCUT2D eigenvalue weighted by molar-refractivity contribution is 9.11. The standard InChI is InChI=1S/C11H16BrFO/c1-4-8(3)10(7-14)11(13)6-9(12)5-2/h5-6,14H,4,7H2,1-3H3/b9-5+,10-8-,11-6+. The minimum Gasteiger partial charge on any atom is -0.392 e. The Bertz CT molecular complexity index is 277. The number of hydrogen-bond donors (Lipinski definition) is 1. The molecule has 1 nitrogen and oxygen atoms in total. The van der Waals surface area contributed by atoms with Gasteiger partial charge in [-0.25, -0.2) is 4.39 Å². The predicted octanol–water partition coefficient (Wildman–Crippen LogP) is 3.86. The van der Waals surface area contributed by atoms with Crippen molar-refractivity contribution in [2.24, 2.45) is 0 Å². The number of hydrogen-bond acceptors (Lipinski definition) is 1. The van der Waals surface area contributed by atoms with Crippen molar-refractivity contribution in [3.05, 3.63) is 33.6 Å². The molecule has 0 aliphatic rings. The van der Waals surface area contributed by atoms with E-state index in [1.54, 1.807) is 6.08 Å². The number of aliphatic hydroxyl groups is 1. The van der Waals surface area contributed by atoms with Crippen LogP contribution in [0.25, 0.3) is 0 Å². The molecule has 0 heterocycles. The van der Waals surface area contributed by atoms with Crippen molar-refractivity contribution in [3.63, 3.8) is 0 Å². The molecule has 0 saturated carbocycles. The minimum atomic E-state index is -0.378. The van der Waals surface area contributed by atoms with Crippen LogP contribution in [0, 0.1) is 0 Å². The maximum absolute atomic E-state index is 13.5. The molecule has 0 unspecified atom stereocenters. The molecule has 0 radical (unpaired) electrons. The van der Waals surface area contributed by atoms with Crippen molar-refractivity contribution in [2.45, 2.75) is 27.2 Å². The summed E-state index contributed by atoms with van der Waals surface area (Å²) in [5, 5.41) is 9.01. The van der Waals surface area contributed by atoms with Crippen LogP contribution in [0.4, 0.5) is 4.39 Å². The number of halogens is 2. The van der Waals surface area contributed by atoms with Gasteiger partial charge in [-0.2, -0.15) is 0 Å². The Morgan fingerprint density at radius 1 is 1.50 bits per heavy atom. The first-order valence-electron chi connectivity index (χ1n) is 4.55. The van der Waals surface area contributed by atoms with Gasteiger partial charge in [0.05, 0.1) is 6.61 Å². The first-order valence-corrected chi connectivity index (χ1v) is 5.34. The van der Waals surface area contributed by atoms with Crippen molar-refractivity contribution < 1.29 is 9.50 Å². The lowest BCUT2D eigenvalue weighted by Gasteiger charge is -2.05. The molecule has 0 fully saturated rings. The van der Waals surface area contributed by atoms with E-state index in [9.17, 15) is 4.39 Å². The van der Waals surface area contributed by atoms with E-state index >= 15 is 0 Å². The molecule has 80 valence electrons.